The standard InChI is InChI=1S/C19H14ClN3O3/c1-11(24)16-15-17(23(21-16)12-7-3-2-4-8-12)19(26)22(18(15)25)14-10-6-5-9-13(14)20/h2-10,15,17H,1H3/t15-,17-/m0/s1. The fourth-order valence-electron chi connectivity index (χ4n) is 3.37. The molecule has 6 nitrogen and oxygen atoms in total. The number of ketones is 1. The molecule has 0 unspecified atom stereocenters. The van der Waals surface area contributed by atoms with Crippen molar-refractivity contribution in [2.24, 2.45) is 11.0 Å². The highest BCUT2D eigenvalue weighted by atomic mass is 35.5. The van der Waals surface area contributed by atoms with Crippen LogP contribution in [0.1, 0.15) is 6.92 Å². The number of hydrazone groups is 1. The van der Waals surface area contributed by atoms with E-state index in [2.05, 4.69) is 5.10 Å². The lowest BCUT2D eigenvalue weighted by molar-refractivity contribution is -0.122. The van der Waals surface area contributed by atoms with Crippen LogP contribution in [0.15, 0.2) is 59.7 Å². The zero-order chi connectivity index (χ0) is 18.4. The van der Waals surface area contributed by atoms with E-state index >= 15 is 0 Å². The van der Waals surface area contributed by atoms with E-state index in [-0.39, 0.29) is 11.5 Å². The number of anilines is 2. The van der Waals surface area contributed by atoms with Crippen molar-refractivity contribution in [2.75, 3.05) is 9.91 Å². The van der Waals surface area contributed by atoms with Crippen LogP contribution in [0, 0.1) is 5.92 Å². The second kappa shape index (κ2) is 6.07. The summed E-state index contributed by atoms with van der Waals surface area (Å²) in [5.41, 5.74) is 1.04. The third kappa shape index (κ3) is 2.34. The molecule has 4 rings (SSSR count). The fraction of sp³-hybridized carbons (Fsp3) is 0.158. The summed E-state index contributed by atoms with van der Waals surface area (Å²) >= 11 is 6.19. The van der Waals surface area contributed by atoms with E-state index in [0.717, 1.165) is 4.90 Å². The molecule has 2 aromatic carbocycles. The average Bonchev–Trinajstić information content (AvgIpc) is 3.15. The number of carbonyl (C=O) groups is 3. The number of Topliss-reactive ketones (excluding diaryl/α,β-unsaturated/α-hetero) is 1. The number of nitrogens with zero attached hydrogens (tertiary/aromatic N) is 3. The van der Waals surface area contributed by atoms with Crippen molar-refractivity contribution in [2.45, 2.75) is 13.0 Å². The van der Waals surface area contributed by atoms with Crippen LogP contribution in [0.5, 0.6) is 0 Å². The van der Waals surface area contributed by atoms with Gasteiger partial charge in [-0.3, -0.25) is 19.4 Å². The maximum atomic E-state index is 13.1. The zero-order valence-corrected chi connectivity index (χ0v) is 14.6. The fourth-order valence-corrected chi connectivity index (χ4v) is 3.59. The predicted molar refractivity (Wildman–Crippen MR) is 98.3 cm³/mol. The third-order valence-electron chi connectivity index (χ3n) is 4.52. The quantitative estimate of drug-likeness (QED) is 0.782. The maximum Gasteiger partial charge on any atom is 0.259 e. The van der Waals surface area contributed by atoms with Gasteiger partial charge in [0.25, 0.3) is 5.91 Å². The lowest BCUT2D eigenvalue weighted by Crippen LogP contribution is -2.39. The van der Waals surface area contributed by atoms with Crippen LogP contribution in [-0.4, -0.2) is 29.4 Å². The minimum absolute atomic E-state index is 0.0896. The Hall–Kier alpha value is -2.99. The van der Waals surface area contributed by atoms with Gasteiger partial charge in [-0.1, -0.05) is 41.9 Å². The molecule has 0 saturated carbocycles. The minimum atomic E-state index is -0.934. The van der Waals surface area contributed by atoms with Crippen LogP contribution < -0.4 is 9.91 Å². The average molecular weight is 368 g/mol. The summed E-state index contributed by atoms with van der Waals surface area (Å²) in [5.74, 6) is -2.20. The SMILES string of the molecule is CC(=O)C1=NN(c2ccccc2)[C@@H]2C(=O)N(c3ccccc3Cl)C(=O)[C@@H]12. The van der Waals surface area contributed by atoms with E-state index in [1.165, 1.54) is 11.9 Å². The summed E-state index contributed by atoms with van der Waals surface area (Å²) in [4.78, 5) is 39.3. The Morgan fingerprint density at radius 1 is 1.00 bits per heavy atom. The molecule has 1 saturated heterocycles. The smallest absolute Gasteiger partial charge is 0.259 e. The van der Waals surface area contributed by atoms with Crippen LogP contribution in [0.3, 0.4) is 0 Å². The molecule has 2 heterocycles. The van der Waals surface area contributed by atoms with E-state index in [0.29, 0.717) is 16.4 Å². The number of para-hydroxylation sites is 2. The van der Waals surface area contributed by atoms with Crippen molar-refractivity contribution in [3.05, 3.63) is 59.6 Å². The highest BCUT2D eigenvalue weighted by molar-refractivity contribution is 6.49. The number of hydrogen-bond donors (Lipinski definition) is 0. The summed E-state index contributed by atoms with van der Waals surface area (Å²) in [6.45, 7) is 1.35. The molecule has 1 fully saturated rings. The normalized spacial score (nSPS) is 21.8. The zero-order valence-electron chi connectivity index (χ0n) is 13.8. The Kier molecular flexibility index (Phi) is 3.85. The number of halogens is 1. The van der Waals surface area contributed by atoms with Gasteiger partial charge in [-0.2, -0.15) is 5.10 Å². The van der Waals surface area contributed by atoms with Gasteiger partial charge in [0.2, 0.25) is 5.91 Å². The van der Waals surface area contributed by atoms with Gasteiger partial charge >= 0.3 is 0 Å². The first-order valence-corrected chi connectivity index (χ1v) is 8.44. The molecule has 0 bridgehead atoms. The summed E-state index contributed by atoms with van der Waals surface area (Å²) in [5, 5.41) is 6.04. The first kappa shape index (κ1) is 16.5. The van der Waals surface area contributed by atoms with Crippen LogP contribution >= 0.6 is 11.6 Å². The second-order valence-corrected chi connectivity index (χ2v) is 6.51. The molecule has 0 aliphatic carbocycles. The van der Waals surface area contributed by atoms with Crippen molar-refractivity contribution in [1.82, 2.24) is 0 Å². The van der Waals surface area contributed by atoms with Crippen LogP contribution in [0.25, 0.3) is 0 Å². The highest BCUT2D eigenvalue weighted by Crippen LogP contribution is 2.39. The number of rotatable bonds is 3. The molecule has 0 spiro atoms. The molecular weight excluding hydrogens is 354 g/mol. The molecule has 0 aromatic heterocycles. The van der Waals surface area contributed by atoms with E-state index in [4.69, 9.17) is 11.6 Å². The van der Waals surface area contributed by atoms with Gasteiger partial charge in [0.15, 0.2) is 5.78 Å². The molecule has 2 aliphatic heterocycles. The molecule has 2 atom stereocenters. The van der Waals surface area contributed by atoms with Gasteiger partial charge < -0.3 is 0 Å². The van der Waals surface area contributed by atoms with Crippen molar-refractivity contribution in [1.29, 1.82) is 0 Å². The van der Waals surface area contributed by atoms with Crippen LogP contribution in [0.4, 0.5) is 11.4 Å². The third-order valence-corrected chi connectivity index (χ3v) is 4.84. The lowest BCUT2D eigenvalue weighted by atomic mass is 9.95. The molecule has 0 radical (unpaired) electrons. The molecular formula is C19H14ClN3O3. The number of imide groups is 1. The van der Waals surface area contributed by atoms with Gasteiger partial charge in [0.1, 0.15) is 17.7 Å². The number of amides is 2. The number of hydrogen-bond acceptors (Lipinski definition) is 5. The van der Waals surface area contributed by atoms with Gasteiger partial charge in [0, 0.05) is 6.92 Å². The number of fused-ring (bicyclic) bond motifs is 1. The lowest BCUT2D eigenvalue weighted by Gasteiger charge is -2.22. The maximum absolute atomic E-state index is 13.1. The summed E-state index contributed by atoms with van der Waals surface area (Å²) in [7, 11) is 0. The van der Waals surface area contributed by atoms with Crippen LogP contribution in [-0.2, 0) is 14.4 Å². The van der Waals surface area contributed by atoms with Gasteiger partial charge in [0.05, 0.1) is 16.4 Å². The molecule has 130 valence electrons. The number of carbonyl (C=O) groups excluding carboxylic acids is 3. The predicted octanol–water partition coefficient (Wildman–Crippen LogP) is 2.66. The van der Waals surface area contributed by atoms with E-state index in [1.54, 1.807) is 48.5 Å². The van der Waals surface area contributed by atoms with Gasteiger partial charge in [-0.15, -0.1) is 0 Å². The largest absolute Gasteiger partial charge is 0.293 e. The van der Waals surface area contributed by atoms with Crippen LogP contribution in [0.2, 0.25) is 5.02 Å². The first-order valence-electron chi connectivity index (χ1n) is 8.06. The van der Waals surface area contributed by atoms with E-state index < -0.39 is 23.8 Å². The summed E-state index contributed by atoms with van der Waals surface area (Å²) in [6, 6.07) is 14.7. The second-order valence-electron chi connectivity index (χ2n) is 6.11. The topological polar surface area (TPSA) is 70.1 Å². The summed E-state index contributed by atoms with van der Waals surface area (Å²) < 4.78 is 0. The molecule has 2 amide bonds. The Bertz CT molecular complexity index is 958. The molecule has 2 aliphatic rings. The Morgan fingerprint density at radius 2 is 1.65 bits per heavy atom. The van der Waals surface area contributed by atoms with Gasteiger partial charge in [-0.05, 0) is 24.3 Å². The minimum Gasteiger partial charge on any atom is -0.293 e. The Labute approximate surface area is 154 Å². The van der Waals surface area contributed by atoms with Gasteiger partial charge in [-0.25, -0.2) is 4.90 Å². The molecule has 2 aromatic rings. The molecule has 7 heteroatoms. The van der Waals surface area contributed by atoms with E-state index in [9.17, 15) is 14.4 Å². The van der Waals surface area contributed by atoms with Crippen molar-refractivity contribution >= 4 is 46.3 Å². The van der Waals surface area contributed by atoms with Crippen molar-refractivity contribution in [3.63, 3.8) is 0 Å². The molecule has 0 N–H and O–H groups in total. The van der Waals surface area contributed by atoms with E-state index in [1.807, 2.05) is 6.07 Å². The molecule has 26 heavy (non-hydrogen) atoms. The van der Waals surface area contributed by atoms with Crippen molar-refractivity contribution in [3.8, 4) is 0 Å². The summed E-state index contributed by atoms with van der Waals surface area (Å²) in [6.07, 6.45) is 0. The highest BCUT2D eigenvalue weighted by Gasteiger charge is 2.58. The first-order chi connectivity index (χ1) is 12.5. The number of benzene rings is 2. The van der Waals surface area contributed by atoms with Crippen molar-refractivity contribution < 1.29 is 14.4 Å². The Morgan fingerprint density at radius 3 is 2.31 bits per heavy atom. The Balaban J connectivity index is 1.83. The monoisotopic (exact) mass is 367 g/mol.